The van der Waals surface area contributed by atoms with Gasteiger partial charge in [0.25, 0.3) is 0 Å². The number of fused-ring (bicyclic) bond motifs is 5. The Bertz CT molecular complexity index is 1340. The number of aliphatic hydroxyl groups is 1. The zero-order valence-electron chi connectivity index (χ0n) is 20.3. The van der Waals surface area contributed by atoms with Crippen LogP contribution in [0.4, 0.5) is 9.18 Å². The molecule has 188 valence electrons. The number of ether oxygens (including phenoxy) is 2. The molecule has 2 bridgehead atoms. The Hall–Kier alpha value is -3.73. The molecule has 2 heterocycles. The van der Waals surface area contributed by atoms with Crippen LogP contribution in [0.15, 0.2) is 66.7 Å². The van der Waals surface area contributed by atoms with E-state index in [9.17, 15) is 14.3 Å². The van der Waals surface area contributed by atoms with Gasteiger partial charge < -0.3 is 14.6 Å². The van der Waals surface area contributed by atoms with Crippen LogP contribution >= 0.6 is 0 Å². The van der Waals surface area contributed by atoms with Gasteiger partial charge >= 0.3 is 6.09 Å². The number of carbonyl (C=O) groups is 1. The molecule has 3 aromatic carbocycles. The molecule has 6 rings (SSSR count). The maximum atomic E-state index is 14.5. The van der Waals surface area contributed by atoms with Crippen molar-refractivity contribution < 1.29 is 23.8 Å². The van der Waals surface area contributed by atoms with E-state index in [0.717, 1.165) is 11.1 Å². The Kier molecular flexibility index (Phi) is 5.94. The van der Waals surface area contributed by atoms with Gasteiger partial charge in [0.05, 0.1) is 43.4 Å². The summed E-state index contributed by atoms with van der Waals surface area (Å²) in [6.07, 6.45) is -0.0213. The molecule has 0 aromatic heterocycles. The van der Waals surface area contributed by atoms with Crippen LogP contribution < -0.4 is 0 Å². The third-order valence-electron chi connectivity index (χ3n) is 7.96. The lowest BCUT2D eigenvalue weighted by Gasteiger charge is -2.51. The first-order chi connectivity index (χ1) is 18.0. The largest absolute Gasteiger partial charge is 0.448 e. The Morgan fingerprint density at radius 2 is 1.68 bits per heavy atom. The lowest BCUT2D eigenvalue weighted by atomic mass is 9.76. The summed E-state index contributed by atoms with van der Waals surface area (Å²) in [6, 6.07) is 22.1. The monoisotopic (exact) mass is 498 g/mol. The zero-order chi connectivity index (χ0) is 25.6. The van der Waals surface area contributed by atoms with E-state index in [1.165, 1.54) is 17.2 Å². The zero-order valence-corrected chi connectivity index (χ0v) is 20.3. The average molecular weight is 499 g/mol. The SMILES string of the molecule is N#CCc1ccc(C2(O)CC3COCC(C2)N3C(=O)OCC2c3ccccc3-c3ccccc32)cc1F. The lowest BCUT2D eigenvalue weighted by Crippen LogP contribution is -2.62. The van der Waals surface area contributed by atoms with Gasteiger partial charge in [0.2, 0.25) is 0 Å². The first-order valence-corrected chi connectivity index (χ1v) is 12.6. The van der Waals surface area contributed by atoms with Gasteiger partial charge in [-0.25, -0.2) is 9.18 Å². The normalized spacial score (nSPS) is 24.2. The molecule has 1 N–H and O–H groups in total. The van der Waals surface area contributed by atoms with Crippen molar-refractivity contribution in [1.82, 2.24) is 4.90 Å². The van der Waals surface area contributed by atoms with Crippen molar-refractivity contribution >= 4 is 6.09 Å². The van der Waals surface area contributed by atoms with Crippen LogP contribution in [-0.4, -0.2) is 48.0 Å². The molecule has 2 saturated heterocycles. The van der Waals surface area contributed by atoms with Gasteiger partial charge in [-0.1, -0.05) is 60.7 Å². The molecular formula is C30H27FN2O4. The van der Waals surface area contributed by atoms with Crippen molar-refractivity contribution in [1.29, 1.82) is 5.26 Å². The fourth-order valence-corrected chi connectivity index (χ4v) is 6.24. The van der Waals surface area contributed by atoms with E-state index in [4.69, 9.17) is 14.7 Å². The molecule has 3 aliphatic rings. The van der Waals surface area contributed by atoms with Gasteiger partial charge in [-0.3, -0.25) is 4.90 Å². The van der Waals surface area contributed by atoms with Crippen molar-refractivity contribution in [3.63, 3.8) is 0 Å². The number of halogens is 1. The van der Waals surface area contributed by atoms with Crippen LogP contribution in [0.3, 0.4) is 0 Å². The number of nitriles is 1. The lowest BCUT2D eigenvalue weighted by molar-refractivity contribution is -0.136. The Labute approximate surface area is 214 Å². The second kappa shape index (κ2) is 9.29. The van der Waals surface area contributed by atoms with E-state index in [1.54, 1.807) is 17.0 Å². The fraction of sp³-hybridized carbons (Fsp3) is 0.333. The summed E-state index contributed by atoms with van der Waals surface area (Å²) < 4.78 is 26.2. The van der Waals surface area contributed by atoms with Crippen LogP contribution in [0.1, 0.15) is 41.0 Å². The van der Waals surface area contributed by atoms with Crippen LogP contribution in [0.5, 0.6) is 0 Å². The van der Waals surface area contributed by atoms with Gasteiger partial charge in [-0.2, -0.15) is 5.26 Å². The van der Waals surface area contributed by atoms with E-state index in [0.29, 0.717) is 11.1 Å². The second-order valence-corrected chi connectivity index (χ2v) is 10.1. The van der Waals surface area contributed by atoms with Gasteiger partial charge in [0, 0.05) is 24.3 Å². The van der Waals surface area contributed by atoms with Crippen LogP contribution in [0.2, 0.25) is 0 Å². The van der Waals surface area contributed by atoms with E-state index >= 15 is 0 Å². The number of benzene rings is 3. The maximum absolute atomic E-state index is 14.5. The molecule has 2 aliphatic heterocycles. The number of rotatable bonds is 4. The molecule has 1 aliphatic carbocycles. The van der Waals surface area contributed by atoms with Crippen molar-refractivity contribution in [2.45, 2.75) is 42.9 Å². The smallest absolute Gasteiger partial charge is 0.410 e. The Balaban J connectivity index is 1.19. The Morgan fingerprint density at radius 3 is 2.27 bits per heavy atom. The number of nitrogens with zero attached hydrogens (tertiary/aromatic N) is 2. The molecule has 0 radical (unpaired) electrons. The predicted octanol–water partition coefficient (Wildman–Crippen LogP) is 4.89. The molecule has 37 heavy (non-hydrogen) atoms. The number of hydrogen-bond donors (Lipinski definition) is 1. The summed E-state index contributed by atoms with van der Waals surface area (Å²) in [5.41, 5.74) is 4.08. The van der Waals surface area contributed by atoms with Crippen molar-refractivity contribution in [2.75, 3.05) is 19.8 Å². The van der Waals surface area contributed by atoms with Crippen molar-refractivity contribution in [2.24, 2.45) is 0 Å². The summed E-state index contributed by atoms with van der Waals surface area (Å²) in [5.74, 6) is -0.545. The number of carbonyl (C=O) groups excluding carboxylic acids is 1. The highest BCUT2D eigenvalue weighted by atomic mass is 19.1. The van der Waals surface area contributed by atoms with E-state index in [-0.39, 0.29) is 45.0 Å². The Morgan fingerprint density at radius 1 is 1.05 bits per heavy atom. The van der Waals surface area contributed by atoms with Crippen LogP contribution in [-0.2, 0) is 21.5 Å². The molecule has 2 fully saturated rings. The second-order valence-electron chi connectivity index (χ2n) is 10.1. The maximum Gasteiger partial charge on any atom is 0.410 e. The molecule has 0 saturated carbocycles. The summed E-state index contributed by atoms with van der Waals surface area (Å²) in [6.45, 7) is 0.773. The number of piperidine rings is 1. The summed E-state index contributed by atoms with van der Waals surface area (Å²) in [4.78, 5) is 15.1. The average Bonchev–Trinajstić information content (AvgIpc) is 3.22. The molecule has 3 aromatic rings. The minimum Gasteiger partial charge on any atom is -0.448 e. The van der Waals surface area contributed by atoms with E-state index in [1.807, 2.05) is 30.3 Å². The fourth-order valence-electron chi connectivity index (χ4n) is 6.24. The van der Waals surface area contributed by atoms with Crippen molar-refractivity contribution in [3.05, 3.63) is 94.8 Å². The highest BCUT2D eigenvalue weighted by Crippen LogP contribution is 2.45. The van der Waals surface area contributed by atoms with E-state index in [2.05, 4.69) is 24.3 Å². The minimum atomic E-state index is -1.30. The topological polar surface area (TPSA) is 82.8 Å². The van der Waals surface area contributed by atoms with Crippen molar-refractivity contribution in [3.8, 4) is 17.2 Å². The third-order valence-corrected chi connectivity index (χ3v) is 7.96. The quantitative estimate of drug-likeness (QED) is 0.554. The van der Waals surface area contributed by atoms with Gasteiger partial charge in [0.15, 0.2) is 0 Å². The number of amides is 1. The van der Waals surface area contributed by atoms with Gasteiger partial charge in [0.1, 0.15) is 12.4 Å². The molecule has 2 unspecified atom stereocenters. The van der Waals surface area contributed by atoms with E-state index < -0.39 is 29.6 Å². The standard InChI is InChI=1S/C30H27FN2O4/c31-28-13-20(10-9-19(28)11-12-32)30(35)14-21-16-36-17-22(15-30)33(21)29(34)37-18-27-25-7-3-1-5-23(25)24-6-2-4-8-26(24)27/h1-10,13,21-22,27,35H,11,14-18H2. The first kappa shape index (κ1) is 23.7. The summed E-state index contributed by atoms with van der Waals surface area (Å²) in [7, 11) is 0. The first-order valence-electron chi connectivity index (χ1n) is 12.6. The minimum absolute atomic E-state index is 0.0286. The third kappa shape index (κ3) is 4.07. The molecule has 0 spiro atoms. The molecule has 7 heteroatoms. The number of hydrogen-bond acceptors (Lipinski definition) is 5. The highest BCUT2D eigenvalue weighted by molar-refractivity contribution is 5.79. The molecule has 6 nitrogen and oxygen atoms in total. The van der Waals surface area contributed by atoms with Gasteiger partial charge in [-0.15, -0.1) is 0 Å². The number of morpholine rings is 1. The molecular weight excluding hydrogens is 471 g/mol. The summed E-state index contributed by atoms with van der Waals surface area (Å²) >= 11 is 0. The predicted molar refractivity (Wildman–Crippen MR) is 134 cm³/mol. The van der Waals surface area contributed by atoms with Gasteiger partial charge in [-0.05, 0) is 33.9 Å². The summed E-state index contributed by atoms with van der Waals surface area (Å²) in [5, 5.41) is 20.4. The highest BCUT2D eigenvalue weighted by Gasteiger charge is 2.49. The van der Waals surface area contributed by atoms with Crippen LogP contribution in [0, 0.1) is 17.1 Å². The van der Waals surface area contributed by atoms with Crippen LogP contribution in [0.25, 0.3) is 11.1 Å². The molecule has 2 atom stereocenters. The molecule has 1 amide bonds.